The second kappa shape index (κ2) is 6.46. The van der Waals surface area contributed by atoms with Crippen LogP contribution in [-0.2, 0) is 4.79 Å². The number of carbonyl (C=O) groups excluding carboxylic acids is 1. The molecule has 0 aliphatic carbocycles. The molecule has 1 aromatic rings. The van der Waals surface area contributed by atoms with E-state index in [0.29, 0.717) is 24.6 Å². The van der Waals surface area contributed by atoms with E-state index in [1.54, 1.807) is 7.11 Å². The fourth-order valence-corrected chi connectivity index (χ4v) is 2.00. The highest BCUT2D eigenvalue weighted by atomic mass is 16.5. The van der Waals surface area contributed by atoms with Crippen LogP contribution in [0.15, 0.2) is 23.8 Å². The van der Waals surface area contributed by atoms with Crippen molar-refractivity contribution in [2.45, 2.75) is 20.3 Å². The van der Waals surface area contributed by atoms with Gasteiger partial charge in [0, 0.05) is 12.1 Å². The van der Waals surface area contributed by atoms with Crippen molar-refractivity contribution in [3.8, 4) is 11.5 Å². The Kier molecular flexibility index (Phi) is 4.66. The van der Waals surface area contributed by atoms with E-state index in [9.17, 15) is 4.79 Å². The van der Waals surface area contributed by atoms with Gasteiger partial charge in [0.05, 0.1) is 12.7 Å². The highest BCUT2D eigenvalue weighted by molar-refractivity contribution is 5.99. The highest BCUT2D eigenvalue weighted by Gasteiger charge is 2.17. The minimum Gasteiger partial charge on any atom is -0.497 e. The molecule has 1 amide bonds. The number of hydrogen-bond acceptors (Lipinski definition) is 3. The molecule has 0 spiro atoms. The Morgan fingerprint density at radius 3 is 2.95 bits per heavy atom. The maximum atomic E-state index is 12.1. The van der Waals surface area contributed by atoms with Crippen LogP contribution >= 0.6 is 0 Å². The normalized spacial score (nSPS) is 13.3. The van der Waals surface area contributed by atoms with E-state index < -0.39 is 0 Å². The Bertz CT molecular complexity index is 520. The van der Waals surface area contributed by atoms with Gasteiger partial charge in [0.2, 0.25) is 0 Å². The topological polar surface area (TPSA) is 47.6 Å². The van der Waals surface area contributed by atoms with Crippen LogP contribution in [0.1, 0.15) is 25.8 Å². The molecular weight excluding hydrogens is 254 g/mol. The smallest absolute Gasteiger partial charge is 0.250 e. The second-order valence-electron chi connectivity index (χ2n) is 5.30. The maximum Gasteiger partial charge on any atom is 0.250 e. The van der Waals surface area contributed by atoms with Crippen molar-refractivity contribution in [3.05, 3.63) is 29.3 Å². The molecule has 0 saturated carbocycles. The van der Waals surface area contributed by atoms with Crippen molar-refractivity contribution in [1.82, 2.24) is 5.32 Å². The Hall–Kier alpha value is -1.97. The predicted octanol–water partition coefficient (Wildman–Crippen LogP) is 2.63. The van der Waals surface area contributed by atoms with Crippen LogP contribution in [0.3, 0.4) is 0 Å². The molecule has 1 aliphatic heterocycles. The van der Waals surface area contributed by atoms with Gasteiger partial charge in [-0.05, 0) is 36.6 Å². The molecule has 1 heterocycles. The van der Waals surface area contributed by atoms with Gasteiger partial charge in [-0.2, -0.15) is 0 Å². The Morgan fingerprint density at radius 1 is 1.45 bits per heavy atom. The molecule has 0 saturated heterocycles. The summed E-state index contributed by atoms with van der Waals surface area (Å²) in [5.41, 5.74) is 1.53. The first-order valence-corrected chi connectivity index (χ1v) is 6.89. The minimum absolute atomic E-state index is 0.0564. The van der Waals surface area contributed by atoms with Gasteiger partial charge in [-0.15, -0.1) is 0 Å². The molecule has 108 valence electrons. The highest BCUT2D eigenvalue weighted by Crippen LogP contribution is 2.29. The van der Waals surface area contributed by atoms with Crippen LogP contribution in [-0.4, -0.2) is 26.2 Å². The summed E-state index contributed by atoms with van der Waals surface area (Å²) in [6.45, 7) is 5.28. The molecular formula is C16H21NO3. The van der Waals surface area contributed by atoms with Crippen LogP contribution in [0.25, 0.3) is 6.08 Å². The van der Waals surface area contributed by atoms with Crippen molar-refractivity contribution < 1.29 is 14.3 Å². The summed E-state index contributed by atoms with van der Waals surface area (Å²) in [6, 6.07) is 5.58. The summed E-state index contributed by atoms with van der Waals surface area (Å²) >= 11 is 0. The second-order valence-corrected chi connectivity index (χ2v) is 5.30. The fourth-order valence-electron chi connectivity index (χ4n) is 2.00. The molecule has 0 atom stereocenters. The molecule has 0 bridgehead atoms. The fraction of sp³-hybridized carbons (Fsp3) is 0.438. The summed E-state index contributed by atoms with van der Waals surface area (Å²) in [6.07, 6.45) is 2.84. The van der Waals surface area contributed by atoms with Gasteiger partial charge in [0.1, 0.15) is 18.1 Å². The number of methoxy groups -OCH3 is 1. The van der Waals surface area contributed by atoms with Crippen LogP contribution in [0.4, 0.5) is 0 Å². The number of hydrogen-bond donors (Lipinski definition) is 1. The third kappa shape index (κ3) is 3.53. The predicted molar refractivity (Wildman–Crippen MR) is 78.9 cm³/mol. The molecule has 0 fully saturated rings. The third-order valence-electron chi connectivity index (χ3n) is 3.23. The summed E-state index contributed by atoms with van der Waals surface area (Å²) in [5.74, 6) is 2.06. The zero-order valence-corrected chi connectivity index (χ0v) is 12.2. The lowest BCUT2D eigenvalue weighted by Crippen LogP contribution is -2.29. The number of amides is 1. The lowest BCUT2D eigenvalue weighted by Gasteiger charge is -2.18. The number of fused-ring (bicyclic) bond motifs is 1. The van der Waals surface area contributed by atoms with Gasteiger partial charge in [-0.25, -0.2) is 0 Å². The van der Waals surface area contributed by atoms with Gasteiger partial charge in [0.15, 0.2) is 0 Å². The summed E-state index contributed by atoms with van der Waals surface area (Å²) in [7, 11) is 1.62. The van der Waals surface area contributed by atoms with Crippen LogP contribution < -0.4 is 14.8 Å². The molecule has 4 heteroatoms. The minimum atomic E-state index is -0.0564. The Morgan fingerprint density at radius 2 is 2.25 bits per heavy atom. The van der Waals surface area contributed by atoms with Crippen LogP contribution in [0.2, 0.25) is 0 Å². The first-order valence-electron chi connectivity index (χ1n) is 6.89. The number of rotatable bonds is 5. The molecule has 0 unspecified atom stereocenters. The zero-order valence-electron chi connectivity index (χ0n) is 12.2. The molecule has 1 aromatic carbocycles. The number of benzene rings is 1. The van der Waals surface area contributed by atoms with Crippen molar-refractivity contribution in [3.63, 3.8) is 0 Å². The summed E-state index contributed by atoms with van der Waals surface area (Å²) in [4.78, 5) is 12.1. The quantitative estimate of drug-likeness (QED) is 0.898. The largest absolute Gasteiger partial charge is 0.497 e. The van der Waals surface area contributed by atoms with E-state index >= 15 is 0 Å². The SMILES string of the molecule is COc1ccc2c(c1)C=C(C(=O)NCCC(C)C)CO2. The van der Waals surface area contributed by atoms with Gasteiger partial charge in [-0.3, -0.25) is 4.79 Å². The number of ether oxygens (including phenoxy) is 2. The number of nitrogens with one attached hydrogen (secondary N) is 1. The Labute approximate surface area is 119 Å². The molecule has 20 heavy (non-hydrogen) atoms. The molecule has 0 aromatic heterocycles. The van der Waals surface area contributed by atoms with Crippen LogP contribution in [0, 0.1) is 5.92 Å². The van der Waals surface area contributed by atoms with E-state index in [-0.39, 0.29) is 5.91 Å². The lowest BCUT2D eigenvalue weighted by molar-refractivity contribution is -0.117. The van der Waals surface area contributed by atoms with E-state index in [1.807, 2.05) is 24.3 Å². The van der Waals surface area contributed by atoms with Crippen molar-refractivity contribution in [2.75, 3.05) is 20.3 Å². The van der Waals surface area contributed by atoms with Crippen molar-refractivity contribution in [2.24, 2.45) is 5.92 Å². The summed E-state index contributed by atoms with van der Waals surface area (Å²) < 4.78 is 10.8. The van der Waals surface area contributed by atoms with Gasteiger partial charge in [0.25, 0.3) is 5.91 Å². The summed E-state index contributed by atoms with van der Waals surface area (Å²) in [5, 5.41) is 2.92. The van der Waals surface area contributed by atoms with E-state index in [4.69, 9.17) is 9.47 Å². The van der Waals surface area contributed by atoms with Crippen molar-refractivity contribution in [1.29, 1.82) is 0 Å². The average Bonchev–Trinajstić information content (AvgIpc) is 2.45. The van der Waals surface area contributed by atoms with Gasteiger partial charge >= 0.3 is 0 Å². The lowest BCUT2D eigenvalue weighted by atomic mass is 10.1. The molecule has 2 rings (SSSR count). The third-order valence-corrected chi connectivity index (χ3v) is 3.23. The van der Waals surface area contributed by atoms with E-state index in [1.165, 1.54) is 0 Å². The Balaban J connectivity index is 2.06. The van der Waals surface area contributed by atoms with E-state index in [2.05, 4.69) is 19.2 Å². The molecule has 1 aliphatic rings. The van der Waals surface area contributed by atoms with E-state index in [0.717, 1.165) is 23.5 Å². The zero-order chi connectivity index (χ0) is 14.5. The first-order chi connectivity index (χ1) is 9.60. The van der Waals surface area contributed by atoms with Gasteiger partial charge < -0.3 is 14.8 Å². The van der Waals surface area contributed by atoms with Gasteiger partial charge in [-0.1, -0.05) is 13.8 Å². The standard InChI is InChI=1S/C16H21NO3/c1-11(2)6-7-17-16(18)13-8-12-9-14(19-3)4-5-15(12)20-10-13/h4-5,8-9,11H,6-7,10H2,1-3H3,(H,17,18). The number of carbonyl (C=O) groups is 1. The molecule has 0 radical (unpaired) electrons. The molecule has 1 N–H and O–H groups in total. The average molecular weight is 275 g/mol. The molecule has 4 nitrogen and oxygen atoms in total. The maximum absolute atomic E-state index is 12.1. The monoisotopic (exact) mass is 275 g/mol. The van der Waals surface area contributed by atoms with Crippen LogP contribution in [0.5, 0.6) is 11.5 Å². The first kappa shape index (κ1) is 14.4. The van der Waals surface area contributed by atoms with Crippen molar-refractivity contribution >= 4 is 12.0 Å².